The SMILES string of the molecule is COC1CNC(C(=O)N(C)CCO)C1. The van der Waals surface area contributed by atoms with Gasteiger partial charge in [-0.2, -0.15) is 0 Å². The first-order valence-corrected chi connectivity index (χ1v) is 4.81. The van der Waals surface area contributed by atoms with E-state index >= 15 is 0 Å². The van der Waals surface area contributed by atoms with Gasteiger partial charge in [0.1, 0.15) is 0 Å². The number of carbonyl (C=O) groups is 1. The maximum atomic E-state index is 11.7. The highest BCUT2D eigenvalue weighted by molar-refractivity contribution is 5.82. The summed E-state index contributed by atoms with van der Waals surface area (Å²) in [6.45, 7) is 1.11. The van der Waals surface area contributed by atoms with Crippen molar-refractivity contribution in [3.8, 4) is 0 Å². The first kappa shape index (κ1) is 11.4. The summed E-state index contributed by atoms with van der Waals surface area (Å²) < 4.78 is 5.15. The van der Waals surface area contributed by atoms with Crippen LogP contribution in [0.25, 0.3) is 0 Å². The molecule has 0 aromatic carbocycles. The molecule has 1 aliphatic heterocycles. The van der Waals surface area contributed by atoms with Gasteiger partial charge in [-0.3, -0.25) is 4.79 Å². The lowest BCUT2D eigenvalue weighted by molar-refractivity contribution is -0.132. The molecule has 14 heavy (non-hydrogen) atoms. The number of hydrogen-bond acceptors (Lipinski definition) is 4. The first-order chi connectivity index (χ1) is 6.69. The Balaban J connectivity index is 2.38. The molecule has 2 atom stereocenters. The van der Waals surface area contributed by atoms with Gasteiger partial charge in [-0.25, -0.2) is 0 Å². The molecular formula is C9H18N2O3. The summed E-state index contributed by atoms with van der Waals surface area (Å²) in [5, 5.41) is 11.8. The lowest BCUT2D eigenvalue weighted by Crippen LogP contribution is -2.42. The van der Waals surface area contributed by atoms with Crippen molar-refractivity contribution in [2.75, 3.05) is 33.9 Å². The quantitative estimate of drug-likeness (QED) is 0.602. The Kier molecular flexibility index (Phi) is 4.31. The lowest BCUT2D eigenvalue weighted by atomic mass is 10.2. The highest BCUT2D eigenvalue weighted by Crippen LogP contribution is 2.11. The van der Waals surface area contributed by atoms with Gasteiger partial charge < -0.3 is 20.1 Å². The van der Waals surface area contributed by atoms with Crippen molar-refractivity contribution in [2.45, 2.75) is 18.6 Å². The standard InChI is InChI=1S/C9H18N2O3/c1-11(3-4-12)9(13)8-5-7(14-2)6-10-8/h7-8,10,12H,3-6H2,1-2H3. The number of carbonyl (C=O) groups excluding carboxylic acids is 1. The van der Waals surface area contributed by atoms with Gasteiger partial charge in [0, 0.05) is 27.2 Å². The monoisotopic (exact) mass is 202 g/mol. The third-order valence-electron chi connectivity index (χ3n) is 2.53. The van der Waals surface area contributed by atoms with Crippen LogP contribution in [0.1, 0.15) is 6.42 Å². The topological polar surface area (TPSA) is 61.8 Å². The van der Waals surface area contributed by atoms with Gasteiger partial charge in [0.05, 0.1) is 18.8 Å². The second-order valence-electron chi connectivity index (χ2n) is 3.54. The number of hydrogen-bond donors (Lipinski definition) is 2. The molecule has 0 radical (unpaired) electrons. The van der Waals surface area contributed by atoms with Crippen LogP contribution < -0.4 is 5.32 Å². The normalized spacial score (nSPS) is 26.5. The maximum absolute atomic E-state index is 11.7. The zero-order valence-electron chi connectivity index (χ0n) is 8.69. The predicted molar refractivity (Wildman–Crippen MR) is 51.9 cm³/mol. The number of aliphatic hydroxyl groups excluding tert-OH is 1. The number of aliphatic hydroxyl groups is 1. The fourth-order valence-electron chi connectivity index (χ4n) is 1.60. The van der Waals surface area contributed by atoms with Crippen molar-refractivity contribution in [3.63, 3.8) is 0 Å². The molecule has 0 aromatic heterocycles. The number of amides is 1. The van der Waals surface area contributed by atoms with Crippen LogP contribution in [0, 0.1) is 0 Å². The Labute approximate surface area is 84.0 Å². The van der Waals surface area contributed by atoms with Crippen molar-refractivity contribution in [1.29, 1.82) is 0 Å². The van der Waals surface area contributed by atoms with E-state index in [1.807, 2.05) is 0 Å². The molecule has 0 spiro atoms. The Morgan fingerprint density at radius 3 is 2.93 bits per heavy atom. The fraction of sp³-hybridized carbons (Fsp3) is 0.889. The number of methoxy groups -OCH3 is 1. The summed E-state index contributed by atoms with van der Waals surface area (Å²) in [4.78, 5) is 13.2. The zero-order chi connectivity index (χ0) is 10.6. The van der Waals surface area contributed by atoms with E-state index in [0.29, 0.717) is 13.0 Å². The fourth-order valence-corrected chi connectivity index (χ4v) is 1.60. The van der Waals surface area contributed by atoms with Gasteiger partial charge >= 0.3 is 0 Å². The van der Waals surface area contributed by atoms with E-state index in [9.17, 15) is 4.79 Å². The number of nitrogens with one attached hydrogen (secondary N) is 1. The second kappa shape index (κ2) is 5.29. The van der Waals surface area contributed by atoms with Gasteiger partial charge in [-0.1, -0.05) is 0 Å². The maximum Gasteiger partial charge on any atom is 0.239 e. The summed E-state index contributed by atoms with van der Waals surface area (Å²) in [5.74, 6) is 0.0265. The molecule has 0 aromatic rings. The van der Waals surface area contributed by atoms with Gasteiger partial charge in [-0.15, -0.1) is 0 Å². The van der Waals surface area contributed by atoms with Gasteiger partial charge in [-0.05, 0) is 6.42 Å². The number of nitrogens with zero attached hydrogens (tertiary/aromatic N) is 1. The molecule has 2 N–H and O–H groups in total. The van der Waals surface area contributed by atoms with Crippen LogP contribution in [0.4, 0.5) is 0 Å². The molecule has 0 aliphatic carbocycles. The highest BCUT2D eigenvalue weighted by atomic mass is 16.5. The number of likely N-dealkylation sites (N-methyl/N-ethyl adjacent to an activating group) is 1. The molecule has 0 saturated carbocycles. The summed E-state index contributed by atoms with van der Waals surface area (Å²) in [5.41, 5.74) is 0. The minimum Gasteiger partial charge on any atom is -0.395 e. The van der Waals surface area contributed by atoms with E-state index in [0.717, 1.165) is 6.54 Å². The van der Waals surface area contributed by atoms with Crippen molar-refractivity contribution in [3.05, 3.63) is 0 Å². The molecule has 1 saturated heterocycles. The third-order valence-corrected chi connectivity index (χ3v) is 2.53. The summed E-state index contributed by atoms with van der Waals surface area (Å²) in [6.07, 6.45) is 0.844. The molecule has 1 amide bonds. The summed E-state index contributed by atoms with van der Waals surface area (Å²) in [7, 11) is 3.34. The number of ether oxygens (including phenoxy) is 1. The van der Waals surface area contributed by atoms with Crippen molar-refractivity contribution < 1.29 is 14.6 Å². The Morgan fingerprint density at radius 2 is 2.43 bits per heavy atom. The Morgan fingerprint density at radius 1 is 1.71 bits per heavy atom. The molecule has 5 nitrogen and oxygen atoms in total. The smallest absolute Gasteiger partial charge is 0.239 e. The van der Waals surface area contributed by atoms with E-state index in [-0.39, 0.29) is 24.7 Å². The van der Waals surface area contributed by atoms with Crippen molar-refractivity contribution in [1.82, 2.24) is 10.2 Å². The van der Waals surface area contributed by atoms with Crippen LogP contribution in [0.2, 0.25) is 0 Å². The second-order valence-corrected chi connectivity index (χ2v) is 3.54. The Bertz CT molecular complexity index is 198. The third kappa shape index (κ3) is 2.67. The Hall–Kier alpha value is -0.650. The molecule has 2 unspecified atom stereocenters. The molecule has 1 aliphatic rings. The van der Waals surface area contributed by atoms with Crippen molar-refractivity contribution >= 4 is 5.91 Å². The molecule has 1 fully saturated rings. The van der Waals surface area contributed by atoms with E-state index in [2.05, 4.69) is 5.32 Å². The van der Waals surface area contributed by atoms with Crippen LogP contribution in [0.5, 0.6) is 0 Å². The first-order valence-electron chi connectivity index (χ1n) is 4.81. The highest BCUT2D eigenvalue weighted by Gasteiger charge is 2.30. The summed E-state index contributed by atoms with van der Waals surface area (Å²) in [6, 6.07) is -0.156. The molecule has 1 heterocycles. The molecule has 5 heteroatoms. The van der Waals surface area contributed by atoms with Crippen molar-refractivity contribution in [2.24, 2.45) is 0 Å². The van der Waals surface area contributed by atoms with Gasteiger partial charge in [0.2, 0.25) is 5.91 Å². The molecular weight excluding hydrogens is 184 g/mol. The average molecular weight is 202 g/mol. The average Bonchev–Trinajstić information content (AvgIpc) is 2.65. The largest absolute Gasteiger partial charge is 0.395 e. The van der Waals surface area contributed by atoms with Gasteiger partial charge in [0.25, 0.3) is 0 Å². The molecule has 1 rings (SSSR count). The van der Waals surface area contributed by atoms with Crippen LogP contribution in [-0.2, 0) is 9.53 Å². The van der Waals surface area contributed by atoms with E-state index in [1.165, 1.54) is 4.90 Å². The predicted octanol–water partition coefficient (Wildman–Crippen LogP) is -1.19. The minimum absolute atomic E-state index is 0.00265. The van der Waals surface area contributed by atoms with Crippen LogP contribution in [-0.4, -0.2) is 61.9 Å². The van der Waals surface area contributed by atoms with Gasteiger partial charge in [0.15, 0.2) is 0 Å². The molecule has 82 valence electrons. The van der Waals surface area contributed by atoms with E-state index in [4.69, 9.17) is 9.84 Å². The van der Waals surface area contributed by atoms with E-state index in [1.54, 1.807) is 14.2 Å². The zero-order valence-corrected chi connectivity index (χ0v) is 8.69. The lowest BCUT2D eigenvalue weighted by Gasteiger charge is -2.19. The van der Waals surface area contributed by atoms with Crippen LogP contribution in [0.3, 0.4) is 0 Å². The van der Waals surface area contributed by atoms with Crippen LogP contribution >= 0.6 is 0 Å². The van der Waals surface area contributed by atoms with E-state index < -0.39 is 0 Å². The number of rotatable bonds is 4. The van der Waals surface area contributed by atoms with Crippen LogP contribution in [0.15, 0.2) is 0 Å². The molecule has 0 bridgehead atoms. The summed E-state index contributed by atoms with van der Waals surface area (Å²) >= 11 is 0. The minimum atomic E-state index is -0.156.